The zero-order valence-electron chi connectivity index (χ0n) is 20.9. The number of alkyl halides is 6. The number of halogens is 6. The maximum absolute atomic E-state index is 11.5. The van der Waals surface area contributed by atoms with E-state index in [2.05, 4.69) is 27.4 Å². The van der Waals surface area contributed by atoms with Crippen molar-refractivity contribution in [1.82, 2.24) is 0 Å². The van der Waals surface area contributed by atoms with Gasteiger partial charge in [0.25, 0.3) is 0 Å². The summed E-state index contributed by atoms with van der Waals surface area (Å²) in [6.07, 6.45) is 7.56. The highest BCUT2D eigenvalue weighted by molar-refractivity contribution is 8.13. The van der Waals surface area contributed by atoms with Crippen molar-refractivity contribution in [2.75, 3.05) is 32.8 Å². The van der Waals surface area contributed by atoms with E-state index in [1.165, 1.54) is 58.2 Å². The lowest BCUT2D eigenvalue weighted by Gasteiger charge is -2.38. The van der Waals surface area contributed by atoms with Crippen molar-refractivity contribution in [2.45, 2.75) is 77.2 Å². The Morgan fingerprint density at radius 1 is 0.778 bits per heavy atom. The highest BCUT2D eigenvalue weighted by Gasteiger charge is 2.46. The lowest BCUT2D eigenvalue weighted by atomic mass is 10.1. The molecule has 0 saturated carbocycles. The Morgan fingerprint density at radius 2 is 1.22 bits per heavy atom. The van der Waals surface area contributed by atoms with Gasteiger partial charge in [0.15, 0.2) is 20.0 Å². The number of carbonyl (C=O) groups excluding carboxylic acids is 1. The van der Waals surface area contributed by atoms with Gasteiger partial charge >= 0.3 is 17.0 Å². The van der Waals surface area contributed by atoms with Crippen molar-refractivity contribution < 1.29 is 57.2 Å². The van der Waals surface area contributed by atoms with Gasteiger partial charge in [-0.15, -0.1) is 0 Å². The number of carbonyl (C=O) groups is 1. The third kappa shape index (κ3) is 13.8. The number of hydrogen-bond acceptors (Lipinski definition) is 6. The summed E-state index contributed by atoms with van der Waals surface area (Å²) in [5.74, 6) is -0.257. The third-order valence-electron chi connectivity index (χ3n) is 4.81. The average molecular weight is 579 g/mol. The van der Waals surface area contributed by atoms with Crippen molar-refractivity contribution in [3.63, 3.8) is 0 Å². The maximum Gasteiger partial charge on any atom is 0.480 e. The smallest absolute Gasteiger partial charge is 0.456 e. The number of hydrogen-bond donors (Lipinski definition) is 0. The summed E-state index contributed by atoms with van der Waals surface area (Å²) in [4.78, 5) is 11.5. The summed E-state index contributed by atoms with van der Waals surface area (Å²) in [5, 5.41) is 0. The van der Waals surface area contributed by atoms with Crippen molar-refractivity contribution in [3.8, 4) is 0 Å². The lowest BCUT2D eigenvalue weighted by molar-refractivity contribution is -0.928. The van der Waals surface area contributed by atoms with Gasteiger partial charge in [0, 0.05) is 5.57 Å². The molecule has 0 spiro atoms. The number of rotatable bonds is 15. The van der Waals surface area contributed by atoms with Gasteiger partial charge in [-0.05, 0) is 32.6 Å². The summed E-state index contributed by atoms with van der Waals surface area (Å²) in [6.45, 7) is 17.1. The van der Waals surface area contributed by atoms with Crippen LogP contribution in [0.25, 0.3) is 4.13 Å². The summed E-state index contributed by atoms with van der Waals surface area (Å²) < 4.78 is 116. The molecule has 0 saturated heterocycles. The minimum absolute atomic E-state index is 0.257. The molecule has 0 aromatic carbocycles. The van der Waals surface area contributed by atoms with E-state index < -0.39 is 31.1 Å². The van der Waals surface area contributed by atoms with Crippen LogP contribution in [0.15, 0.2) is 12.2 Å². The fourth-order valence-electron chi connectivity index (χ4n) is 3.16. The fourth-order valence-corrected chi connectivity index (χ4v) is 4.87. The molecular weight excluding hydrogens is 542 g/mol. The molecule has 216 valence electrons. The van der Waals surface area contributed by atoms with Crippen molar-refractivity contribution in [3.05, 3.63) is 16.3 Å². The van der Waals surface area contributed by atoms with Crippen LogP contribution in [0.4, 0.5) is 26.3 Å². The zero-order valence-corrected chi connectivity index (χ0v) is 22.5. The van der Waals surface area contributed by atoms with E-state index in [4.69, 9.17) is 4.74 Å². The molecule has 0 heterocycles. The Kier molecular flexibility index (Phi) is 16.1. The Morgan fingerprint density at radius 3 is 1.56 bits per heavy atom. The van der Waals surface area contributed by atoms with Gasteiger partial charge in [0.2, 0.25) is 0 Å². The van der Waals surface area contributed by atoms with Gasteiger partial charge in [-0.2, -0.15) is 26.3 Å². The van der Waals surface area contributed by atoms with E-state index in [0.717, 1.165) is 15.2 Å². The van der Waals surface area contributed by atoms with Gasteiger partial charge < -0.3 is 13.3 Å². The predicted octanol–water partition coefficient (Wildman–Crippen LogP) is 5.38. The van der Waals surface area contributed by atoms with E-state index in [1.807, 2.05) is 0 Å². The second-order valence-electron chi connectivity index (χ2n) is 8.13. The van der Waals surface area contributed by atoms with E-state index in [9.17, 15) is 48.0 Å². The molecule has 0 bridgehead atoms. The quantitative estimate of drug-likeness (QED) is 0.0849. The third-order valence-corrected chi connectivity index (χ3v) is 7.55. The van der Waals surface area contributed by atoms with Gasteiger partial charge in [0.1, 0.15) is 13.2 Å². The van der Waals surface area contributed by atoms with Crippen LogP contribution in [0.2, 0.25) is 0 Å². The molecule has 0 rings (SSSR count). The standard InChI is InChI=1S/C18H36NO2.C2F6NO4S2/c1-6-9-10-11-14-19(12-7-2,13-8-3)15-16-21-18(20)17(4)5;3-1(4,5)14(10,11)9-15(12,13)2(6,7)8/h4,6-16H2,1-3,5H3;/q+1;-1. The van der Waals surface area contributed by atoms with Crippen LogP contribution >= 0.6 is 0 Å². The molecule has 16 heteroatoms. The van der Waals surface area contributed by atoms with Gasteiger partial charge in [-0.3, -0.25) is 0 Å². The van der Waals surface area contributed by atoms with E-state index in [0.29, 0.717) is 12.2 Å². The van der Waals surface area contributed by atoms with Crippen LogP contribution in [-0.4, -0.2) is 71.1 Å². The highest BCUT2D eigenvalue weighted by Crippen LogP contribution is 2.36. The largest absolute Gasteiger partial charge is 0.480 e. The minimum Gasteiger partial charge on any atom is -0.456 e. The highest BCUT2D eigenvalue weighted by atomic mass is 32.3. The Labute approximate surface area is 209 Å². The number of nitrogens with zero attached hydrogens (tertiary/aromatic N) is 2. The van der Waals surface area contributed by atoms with Crippen LogP contribution in [-0.2, 0) is 29.6 Å². The van der Waals surface area contributed by atoms with Gasteiger partial charge in [-0.1, -0.05) is 40.2 Å². The molecular formula is C20H36F6N2O6S2. The summed E-state index contributed by atoms with van der Waals surface area (Å²) in [6, 6.07) is 0. The Balaban J connectivity index is 0. The number of sulfonamides is 2. The molecule has 0 unspecified atom stereocenters. The summed E-state index contributed by atoms with van der Waals surface area (Å²) >= 11 is 0. The van der Waals surface area contributed by atoms with Crippen molar-refractivity contribution in [1.29, 1.82) is 0 Å². The molecule has 0 aliphatic heterocycles. The lowest BCUT2D eigenvalue weighted by Crippen LogP contribution is -2.52. The summed E-state index contributed by atoms with van der Waals surface area (Å²) in [5.41, 5.74) is -11.9. The van der Waals surface area contributed by atoms with Crippen LogP contribution in [0, 0.1) is 0 Å². The number of ether oxygens (including phenoxy) is 1. The average Bonchev–Trinajstić information content (AvgIpc) is 2.69. The normalized spacial score (nSPS) is 13.1. The molecule has 0 N–H and O–H groups in total. The molecule has 0 aliphatic carbocycles. The van der Waals surface area contributed by atoms with E-state index in [1.54, 1.807) is 6.92 Å². The van der Waals surface area contributed by atoms with E-state index >= 15 is 0 Å². The zero-order chi connectivity index (χ0) is 28.8. The monoisotopic (exact) mass is 578 g/mol. The second kappa shape index (κ2) is 15.8. The Bertz CT molecular complexity index is 839. The fraction of sp³-hybridized carbons (Fsp3) is 0.850. The molecule has 0 aliphatic rings. The van der Waals surface area contributed by atoms with E-state index in [-0.39, 0.29) is 5.97 Å². The van der Waals surface area contributed by atoms with Crippen LogP contribution in [0.5, 0.6) is 0 Å². The molecule has 0 aromatic rings. The first-order valence-electron chi connectivity index (χ1n) is 11.3. The van der Waals surface area contributed by atoms with Crippen molar-refractivity contribution in [2.24, 2.45) is 0 Å². The molecule has 0 aromatic heterocycles. The van der Waals surface area contributed by atoms with Crippen molar-refractivity contribution >= 4 is 26.0 Å². The van der Waals surface area contributed by atoms with Gasteiger partial charge in [0.05, 0.1) is 19.6 Å². The number of quaternary nitrogens is 1. The molecule has 0 amide bonds. The SMILES string of the molecule is C=C(C)C(=O)OCC[N+](CCC)(CCC)CCCCCC.O=S(=O)([N-]S(=O)(=O)C(F)(F)F)C(F)(F)F. The first-order valence-corrected chi connectivity index (χ1v) is 14.1. The second-order valence-corrected chi connectivity index (χ2v) is 11.6. The predicted molar refractivity (Wildman–Crippen MR) is 124 cm³/mol. The minimum atomic E-state index is -6.72. The van der Waals surface area contributed by atoms with Crippen LogP contribution in [0.3, 0.4) is 0 Å². The topological polar surface area (TPSA) is 109 Å². The first-order chi connectivity index (χ1) is 16.2. The first kappa shape index (κ1) is 36.8. The summed E-state index contributed by atoms with van der Waals surface area (Å²) in [7, 11) is -13.4. The van der Waals surface area contributed by atoms with Gasteiger partial charge in [-0.25, -0.2) is 21.6 Å². The Hall–Kier alpha value is -1.39. The number of esters is 1. The van der Waals surface area contributed by atoms with Crippen LogP contribution < -0.4 is 0 Å². The molecule has 0 radical (unpaired) electrons. The molecule has 36 heavy (non-hydrogen) atoms. The molecule has 0 atom stereocenters. The molecule has 0 fully saturated rings. The van der Waals surface area contributed by atoms with Crippen LogP contribution in [0.1, 0.15) is 66.2 Å². The number of unbranched alkanes of at least 4 members (excludes halogenated alkanes) is 3. The maximum atomic E-state index is 11.5. The molecule has 8 nitrogen and oxygen atoms in total.